The minimum atomic E-state index is -1.17. The van der Waals surface area contributed by atoms with E-state index in [1.165, 1.54) is 11.3 Å². The van der Waals surface area contributed by atoms with Crippen molar-refractivity contribution in [1.29, 1.82) is 0 Å². The SMILES string of the molecule is O=C(NCC(O)C(O)c1ccsc1Cl)OCc1ccccc1. The van der Waals surface area contributed by atoms with Gasteiger partial charge in [-0.2, -0.15) is 0 Å². The molecule has 2 unspecified atom stereocenters. The van der Waals surface area contributed by atoms with Crippen LogP contribution in [0.15, 0.2) is 41.8 Å². The third-order valence-corrected chi connectivity index (χ3v) is 4.20. The van der Waals surface area contributed by atoms with Gasteiger partial charge in [-0.05, 0) is 17.0 Å². The van der Waals surface area contributed by atoms with E-state index in [1.54, 1.807) is 11.4 Å². The molecular formula is C15H16ClNO4S. The summed E-state index contributed by atoms with van der Waals surface area (Å²) in [6, 6.07) is 10.9. The van der Waals surface area contributed by atoms with Gasteiger partial charge in [0.25, 0.3) is 0 Å². The largest absolute Gasteiger partial charge is 0.445 e. The molecule has 0 saturated heterocycles. The highest BCUT2D eigenvalue weighted by Gasteiger charge is 2.22. The zero-order chi connectivity index (χ0) is 15.9. The number of aliphatic hydroxyl groups is 2. The summed E-state index contributed by atoms with van der Waals surface area (Å²) in [5.41, 5.74) is 1.31. The van der Waals surface area contributed by atoms with E-state index in [2.05, 4.69) is 5.32 Å². The van der Waals surface area contributed by atoms with Gasteiger partial charge in [-0.1, -0.05) is 41.9 Å². The summed E-state index contributed by atoms with van der Waals surface area (Å²) in [7, 11) is 0. The first-order valence-corrected chi connectivity index (χ1v) is 7.87. The van der Waals surface area contributed by atoms with Crippen LogP contribution in [0.3, 0.4) is 0 Å². The van der Waals surface area contributed by atoms with E-state index < -0.39 is 18.3 Å². The summed E-state index contributed by atoms with van der Waals surface area (Å²) in [5.74, 6) is 0. The van der Waals surface area contributed by atoms with Gasteiger partial charge in [0, 0.05) is 12.1 Å². The lowest BCUT2D eigenvalue weighted by molar-refractivity contribution is 0.0187. The summed E-state index contributed by atoms with van der Waals surface area (Å²) in [6.45, 7) is 0.00263. The van der Waals surface area contributed by atoms with E-state index in [0.717, 1.165) is 5.56 Å². The third kappa shape index (κ3) is 4.71. The second-order valence-corrected chi connectivity index (χ2v) is 6.12. The maximum absolute atomic E-state index is 11.5. The Hall–Kier alpha value is -1.60. The van der Waals surface area contributed by atoms with Crippen LogP contribution in [0.25, 0.3) is 0 Å². The smallest absolute Gasteiger partial charge is 0.407 e. The maximum atomic E-state index is 11.5. The van der Waals surface area contributed by atoms with Gasteiger partial charge in [-0.25, -0.2) is 4.79 Å². The highest BCUT2D eigenvalue weighted by atomic mass is 35.5. The van der Waals surface area contributed by atoms with Crippen molar-refractivity contribution in [2.24, 2.45) is 0 Å². The number of benzene rings is 1. The Bertz CT molecular complexity index is 605. The van der Waals surface area contributed by atoms with Crippen LogP contribution in [0.4, 0.5) is 4.79 Å². The van der Waals surface area contributed by atoms with Crippen molar-refractivity contribution in [3.63, 3.8) is 0 Å². The van der Waals surface area contributed by atoms with Crippen molar-refractivity contribution in [3.05, 3.63) is 57.2 Å². The number of thiophene rings is 1. The fraction of sp³-hybridized carbons (Fsp3) is 0.267. The summed E-state index contributed by atoms with van der Waals surface area (Å²) >= 11 is 7.16. The van der Waals surface area contributed by atoms with Crippen molar-refractivity contribution in [3.8, 4) is 0 Å². The van der Waals surface area contributed by atoms with Gasteiger partial charge in [-0.3, -0.25) is 0 Å². The normalized spacial score (nSPS) is 13.4. The van der Waals surface area contributed by atoms with Gasteiger partial charge in [-0.15, -0.1) is 11.3 Å². The van der Waals surface area contributed by atoms with Crippen LogP contribution in [0.5, 0.6) is 0 Å². The molecule has 22 heavy (non-hydrogen) atoms. The number of carbonyl (C=O) groups is 1. The quantitative estimate of drug-likeness (QED) is 0.755. The number of amides is 1. The molecule has 0 radical (unpaired) electrons. The number of halogens is 1. The molecule has 0 bridgehead atoms. The van der Waals surface area contributed by atoms with Crippen LogP contribution in [-0.2, 0) is 11.3 Å². The van der Waals surface area contributed by atoms with Gasteiger partial charge in [0.2, 0.25) is 0 Å². The predicted octanol–water partition coefficient (Wildman–Crippen LogP) is 2.72. The lowest BCUT2D eigenvalue weighted by Gasteiger charge is -2.18. The van der Waals surface area contributed by atoms with Crippen LogP contribution in [0.1, 0.15) is 17.2 Å². The monoisotopic (exact) mass is 341 g/mol. The molecule has 3 N–H and O–H groups in total. The standard InChI is InChI=1S/C15H16ClNO4S/c16-14-11(6-7-22-14)13(19)12(18)8-17-15(20)21-9-10-4-2-1-3-5-10/h1-7,12-13,18-19H,8-9H2,(H,17,20). The molecule has 0 aliphatic heterocycles. The summed E-state index contributed by atoms with van der Waals surface area (Å²) in [6.07, 6.45) is -2.99. The molecule has 0 aliphatic rings. The second-order valence-electron chi connectivity index (χ2n) is 4.60. The van der Waals surface area contributed by atoms with E-state index >= 15 is 0 Å². The topological polar surface area (TPSA) is 78.8 Å². The minimum Gasteiger partial charge on any atom is -0.445 e. The molecule has 0 spiro atoms. The molecule has 5 nitrogen and oxygen atoms in total. The number of aliphatic hydroxyl groups excluding tert-OH is 2. The maximum Gasteiger partial charge on any atom is 0.407 e. The van der Waals surface area contributed by atoms with E-state index in [1.807, 2.05) is 30.3 Å². The lowest BCUT2D eigenvalue weighted by atomic mass is 10.1. The molecule has 2 atom stereocenters. The van der Waals surface area contributed by atoms with Crippen LogP contribution >= 0.6 is 22.9 Å². The predicted molar refractivity (Wildman–Crippen MR) is 84.9 cm³/mol. The van der Waals surface area contributed by atoms with Crippen molar-refractivity contribution in [1.82, 2.24) is 5.32 Å². The number of carbonyl (C=O) groups excluding carboxylic acids is 1. The molecule has 1 aromatic carbocycles. The fourth-order valence-electron chi connectivity index (χ4n) is 1.80. The van der Waals surface area contributed by atoms with Crippen molar-refractivity contribution in [2.75, 3.05) is 6.54 Å². The number of ether oxygens (including phenoxy) is 1. The molecule has 0 fully saturated rings. The first-order valence-electron chi connectivity index (χ1n) is 6.61. The molecule has 7 heteroatoms. The Morgan fingerprint density at radius 1 is 1.27 bits per heavy atom. The number of rotatable bonds is 6. The molecule has 1 amide bonds. The van der Waals surface area contributed by atoms with Crippen molar-refractivity contribution >= 4 is 29.0 Å². The average Bonchev–Trinajstić information content (AvgIpc) is 2.96. The summed E-state index contributed by atoms with van der Waals surface area (Å²) in [5, 5.41) is 24.0. The van der Waals surface area contributed by atoms with Gasteiger partial charge >= 0.3 is 6.09 Å². The molecule has 2 aromatic rings. The number of alkyl carbamates (subject to hydrolysis) is 1. The Morgan fingerprint density at radius 3 is 2.64 bits per heavy atom. The first-order chi connectivity index (χ1) is 10.6. The molecule has 1 aromatic heterocycles. The van der Waals surface area contributed by atoms with Crippen LogP contribution in [0, 0.1) is 0 Å². The van der Waals surface area contributed by atoms with Gasteiger partial charge in [0.1, 0.15) is 18.8 Å². The highest BCUT2D eigenvalue weighted by Crippen LogP contribution is 2.29. The molecule has 0 aliphatic carbocycles. The van der Waals surface area contributed by atoms with Crippen molar-refractivity contribution in [2.45, 2.75) is 18.8 Å². The third-order valence-electron chi connectivity index (χ3n) is 3.00. The van der Waals surface area contributed by atoms with E-state index in [-0.39, 0.29) is 13.2 Å². The number of hydrogen-bond donors (Lipinski definition) is 3. The highest BCUT2D eigenvalue weighted by molar-refractivity contribution is 7.14. The van der Waals surface area contributed by atoms with Gasteiger partial charge in [0.05, 0.1) is 4.34 Å². The Morgan fingerprint density at radius 2 is 2.00 bits per heavy atom. The van der Waals surface area contributed by atoms with Gasteiger partial charge < -0.3 is 20.3 Å². The molecule has 0 saturated carbocycles. The van der Waals surface area contributed by atoms with Crippen LogP contribution in [0.2, 0.25) is 4.34 Å². The lowest BCUT2D eigenvalue weighted by Crippen LogP contribution is -2.35. The summed E-state index contributed by atoms with van der Waals surface area (Å²) < 4.78 is 5.42. The van der Waals surface area contributed by atoms with E-state index in [9.17, 15) is 15.0 Å². The Labute approximate surface area is 137 Å². The number of nitrogens with one attached hydrogen (secondary N) is 1. The Balaban J connectivity index is 1.75. The average molecular weight is 342 g/mol. The van der Waals surface area contributed by atoms with E-state index in [0.29, 0.717) is 9.90 Å². The molecule has 118 valence electrons. The minimum absolute atomic E-state index is 0.138. The summed E-state index contributed by atoms with van der Waals surface area (Å²) in [4.78, 5) is 11.5. The van der Waals surface area contributed by atoms with Crippen molar-refractivity contribution < 1.29 is 19.7 Å². The number of hydrogen-bond acceptors (Lipinski definition) is 5. The van der Waals surface area contributed by atoms with Gasteiger partial charge in [0.15, 0.2) is 0 Å². The van der Waals surface area contributed by atoms with E-state index in [4.69, 9.17) is 16.3 Å². The first kappa shape index (κ1) is 16.8. The Kier molecular flexibility index (Phi) is 6.21. The zero-order valence-corrected chi connectivity index (χ0v) is 13.2. The van der Waals surface area contributed by atoms with Crippen LogP contribution in [-0.4, -0.2) is 29.0 Å². The van der Waals surface area contributed by atoms with Crippen LogP contribution < -0.4 is 5.32 Å². The molecular weight excluding hydrogens is 326 g/mol. The molecule has 2 rings (SSSR count). The molecule has 1 heterocycles. The second kappa shape index (κ2) is 8.14. The zero-order valence-electron chi connectivity index (χ0n) is 11.6. The fourth-order valence-corrected chi connectivity index (χ4v) is 2.78.